The average molecular weight is 338 g/mol. The van der Waals surface area contributed by atoms with Crippen LogP contribution in [-0.2, 0) is 7.05 Å². The number of para-hydroxylation sites is 1. The number of aryl methyl sites for hydroxylation is 1. The fourth-order valence-corrected chi connectivity index (χ4v) is 2.58. The molecule has 128 valence electrons. The molecule has 1 aromatic heterocycles. The van der Waals surface area contributed by atoms with Crippen LogP contribution in [0.4, 0.5) is 5.69 Å². The largest absolute Gasteiger partial charge is 0.491 e. The molecular weight excluding hydrogens is 320 g/mol. The van der Waals surface area contributed by atoms with Crippen LogP contribution in [0.3, 0.4) is 0 Å². The number of aromatic nitrogens is 1. The Morgan fingerprint density at radius 3 is 2.64 bits per heavy atom. The Kier molecular flexibility index (Phi) is 4.81. The number of nitrogens with zero attached hydrogens (tertiary/aromatic N) is 1. The van der Waals surface area contributed by atoms with Crippen LogP contribution in [0, 0.1) is 0 Å². The Balaban J connectivity index is 1.98. The highest BCUT2D eigenvalue weighted by Crippen LogP contribution is 2.20. The summed E-state index contributed by atoms with van der Waals surface area (Å²) in [6.07, 6.45) is 0. The van der Waals surface area contributed by atoms with E-state index in [4.69, 9.17) is 9.84 Å². The van der Waals surface area contributed by atoms with E-state index in [0.717, 1.165) is 5.39 Å². The van der Waals surface area contributed by atoms with Crippen molar-refractivity contribution in [3.8, 4) is 5.75 Å². The van der Waals surface area contributed by atoms with Crippen molar-refractivity contribution >= 4 is 22.5 Å². The van der Waals surface area contributed by atoms with Crippen LogP contribution in [0.5, 0.6) is 5.75 Å². The molecule has 3 rings (SSSR count). The number of carbonyl (C=O) groups excluding carboxylic acids is 1. The summed E-state index contributed by atoms with van der Waals surface area (Å²) in [5.74, 6) is 0.104. The predicted molar refractivity (Wildman–Crippen MR) is 96.2 cm³/mol. The number of hydrogen-bond acceptors (Lipinski definition) is 4. The molecule has 6 nitrogen and oxygen atoms in total. The van der Waals surface area contributed by atoms with E-state index in [9.17, 15) is 9.59 Å². The van der Waals surface area contributed by atoms with Gasteiger partial charge >= 0.3 is 0 Å². The number of aliphatic hydroxyl groups excluding tert-OH is 1. The number of amides is 1. The third-order valence-corrected chi connectivity index (χ3v) is 3.83. The minimum absolute atomic E-state index is 0.0721. The van der Waals surface area contributed by atoms with Gasteiger partial charge in [0.15, 0.2) is 0 Å². The zero-order chi connectivity index (χ0) is 17.8. The number of benzene rings is 2. The van der Waals surface area contributed by atoms with E-state index >= 15 is 0 Å². The molecule has 1 heterocycles. The van der Waals surface area contributed by atoms with Crippen LogP contribution in [0.15, 0.2) is 59.4 Å². The van der Waals surface area contributed by atoms with Gasteiger partial charge in [-0.2, -0.15) is 0 Å². The summed E-state index contributed by atoms with van der Waals surface area (Å²) in [6.45, 7) is 0.0899. The Bertz CT molecular complexity index is 964. The van der Waals surface area contributed by atoms with Gasteiger partial charge in [-0.25, -0.2) is 0 Å². The maximum absolute atomic E-state index is 12.6. The fraction of sp³-hybridized carbons (Fsp3) is 0.158. The smallest absolute Gasteiger partial charge is 0.263 e. The number of carbonyl (C=O) groups is 1. The van der Waals surface area contributed by atoms with Crippen molar-refractivity contribution in [1.29, 1.82) is 0 Å². The molecular formula is C19H18N2O4. The SMILES string of the molecule is Cn1c(=O)c(C(=O)Nc2ccccc2)cc2ccc(OCCO)cc21. The maximum Gasteiger partial charge on any atom is 0.263 e. The monoisotopic (exact) mass is 338 g/mol. The van der Waals surface area contributed by atoms with Gasteiger partial charge in [0, 0.05) is 18.8 Å². The van der Waals surface area contributed by atoms with Crippen LogP contribution in [0.1, 0.15) is 10.4 Å². The summed E-state index contributed by atoms with van der Waals surface area (Å²) in [7, 11) is 1.61. The van der Waals surface area contributed by atoms with Crippen molar-refractivity contribution in [1.82, 2.24) is 4.57 Å². The molecule has 2 N–H and O–H groups in total. The third-order valence-electron chi connectivity index (χ3n) is 3.83. The molecule has 0 unspecified atom stereocenters. The quantitative estimate of drug-likeness (QED) is 0.747. The van der Waals surface area contributed by atoms with E-state index < -0.39 is 5.91 Å². The highest BCUT2D eigenvalue weighted by Gasteiger charge is 2.15. The molecule has 0 aliphatic carbocycles. The summed E-state index contributed by atoms with van der Waals surface area (Å²) in [4.78, 5) is 25.0. The zero-order valence-electron chi connectivity index (χ0n) is 13.7. The topological polar surface area (TPSA) is 80.6 Å². The minimum Gasteiger partial charge on any atom is -0.491 e. The Hall–Kier alpha value is -3.12. The van der Waals surface area contributed by atoms with Gasteiger partial charge < -0.3 is 19.7 Å². The van der Waals surface area contributed by atoms with Crippen LogP contribution < -0.4 is 15.6 Å². The van der Waals surface area contributed by atoms with Gasteiger partial charge in [0.2, 0.25) is 0 Å². The molecule has 0 spiro atoms. The number of hydrogen-bond donors (Lipinski definition) is 2. The van der Waals surface area contributed by atoms with Gasteiger partial charge in [-0.1, -0.05) is 18.2 Å². The number of fused-ring (bicyclic) bond motifs is 1. The summed E-state index contributed by atoms with van der Waals surface area (Å²) >= 11 is 0. The first kappa shape index (κ1) is 16.7. The number of anilines is 1. The number of rotatable bonds is 5. The van der Waals surface area contributed by atoms with E-state index in [1.165, 1.54) is 4.57 Å². The Morgan fingerprint density at radius 1 is 1.16 bits per heavy atom. The number of nitrogens with one attached hydrogen (secondary N) is 1. The highest BCUT2D eigenvalue weighted by atomic mass is 16.5. The highest BCUT2D eigenvalue weighted by molar-refractivity contribution is 6.05. The van der Waals surface area contributed by atoms with E-state index in [1.54, 1.807) is 43.4 Å². The van der Waals surface area contributed by atoms with Crippen molar-refractivity contribution in [2.75, 3.05) is 18.5 Å². The summed E-state index contributed by atoms with van der Waals surface area (Å²) in [5, 5.41) is 12.3. The molecule has 25 heavy (non-hydrogen) atoms. The molecule has 3 aromatic rings. The summed E-state index contributed by atoms with van der Waals surface area (Å²) in [5.41, 5.74) is 0.960. The van der Waals surface area contributed by atoms with Gasteiger partial charge in [0.25, 0.3) is 11.5 Å². The number of pyridine rings is 1. The lowest BCUT2D eigenvalue weighted by Crippen LogP contribution is -2.27. The molecule has 0 saturated carbocycles. The predicted octanol–water partition coefficient (Wildman–Crippen LogP) is 2.16. The molecule has 0 bridgehead atoms. The van der Waals surface area contributed by atoms with E-state index in [0.29, 0.717) is 17.0 Å². The first-order chi connectivity index (χ1) is 12.1. The first-order valence-electron chi connectivity index (χ1n) is 7.84. The summed E-state index contributed by atoms with van der Waals surface area (Å²) < 4.78 is 6.79. The fourth-order valence-electron chi connectivity index (χ4n) is 2.58. The molecule has 2 aromatic carbocycles. The lowest BCUT2D eigenvalue weighted by Gasteiger charge is -2.11. The second-order valence-electron chi connectivity index (χ2n) is 5.54. The van der Waals surface area contributed by atoms with Crippen LogP contribution in [0.2, 0.25) is 0 Å². The lowest BCUT2D eigenvalue weighted by atomic mass is 10.1. The van der Waals surface area contributed by atoms with E-state index in [1.807, 2.05) is 18.2 Å². The molecule has 0 atom stereocenters. The second-order valence-corrected chi connectivity index (χ2v) is 5.54. The standard InChI is InChI=1S/C19H18N2O4/c1-21-17-12-15(25-10-9-22)8-7-13(17)11-16(19(21)24)18(23)20-14-5-3-2-4-6-14/h2-8,11-12,22H,9-10H2,1H3,(H,20,23). The minimum atomic E-state index is -0.450. The van der Waals surface area contributed by atoms with Crippen molar-refractivity contribution in [2.24, 2.45) is 7.05 Å². The second kappa shape index (κ2) is 7.19. The zero-order valence-corrected chi connectivity index (χ0v) is 13.7. The number of aliphatic hydroxyl groups is 1. The van der Waals surface area contributed by atoms with Crippen LogP contribution in [-0.4, -0.2) is 28.8 Å². The first-order valence-corrected chi connectivity index (χ1v) is 7.84. The van der Waals surface area contributed by atoms with Gasteiger partial charge in [-0.15, -0.1) is 0 Å². The van der Waals surface area contributed by atoms with Crippen molar-refractivity contribution in [3.63, 3.8) is 0 Å². The van der Waals surface area contributed by atoms with Crippen molar-refractivity contribution in [2.45, 2.75) is 0 Å². The molecule has 1 amide bonds. The van der Waals surface area contributed by atoms with Crippen LogP contribution in [0.25, 0.3) is 10.9 Å². The normalized spacial score (nSPS) is 10.6. The Labute approximate surface area is 144 Å². The average Bonchev–Trinajstić information content (AvgIpc) is 2.63. The van der Waals surface area contributed by atoms with Gasteiger partial charge in [-0.05, 0) is 35.7 Å². The summed E-state index contributed by atoms with van der Waals surface area (Å²) in [6, 6.07) is 15.8. The third kappa shape index (κ3) is 3.54. The van der Waals surface area contributed by atoms with Crippen molar-refractivity contribution < 1.29 is 14.6 Å². The maximum atomic E-state index is 12.6. The van der Waals surface area contributed by atoms with Crippen LogP contribution >= 0.6 is 0 Å². The molecule has 0 saturated heterocycles. The van der Waals surface area contributed by atoms with Gasteiger partial charge in [-0.3, -0.25) is 9.59 Å². The van der Waals surface area contributed by atoms with Crippen molar-refractivity contribution in [3.05, 3.63) is 70.5 Å². The lowest BCUT2D eigenvalue weighted by molar-refractivity contribution is 0.102. The van der Waals surface area contributed by atoms with Gasteiger partial charge in [0.1, 0.15) is 17.9 Å². The molecule has 0 aliphatic rings. The van der Waals surface area contributed by atoms with E-state index in [2.05, 4.69) is 5.32 Å². The Morgan fingerprint density at radius 2 is 1.92 bits per heavy atom. The molecule has 0 fully saturated rings. The molecule has 0 radical (unpaired) electrons. The molecule has 6 heteroatoms. The number of ether oxygens (including phenoxy) is 1. The van der Waals surface area contributed by atoms with Gasteiger partial charge in [0.05, 0.1) is 12.1 Å². The molecule has 0 aliphatic heterocycles. The van der Waals surface area contributed by atoms with E-state index in [-0.39, 0.29) is 24.3 Å².